The molecule has 2 aromatic heterocycles. The Morgan fingerprint density at radius 3 is 2.61 bits per heavy atom. The van der Waals surface area contributed by atoms with Gasteiger partial charge in [-0.2, -0.15) is 9.65 Å². The summed E-state index contributed by atoms with van der Waals surface area (Å²) in [5.41, 5.74) is -0.0841. The molecule has 3 aromatic rings. The van der Waals surface area contributed by atoms with Gasteiger partial charge in [0.05, 0.1) is 34.3 Å². The number of hydrogen-bond acceptors (Lipinski definition) is 6. The van der Waals surface area contributed by atoms with Gasteiger partial charge in [-0.15, -0.1) is 0 Å². The van der Waals surface area contributed by atoms with E-state index in [2.05, 4.69) is 4.98 Å². The third-order valence-corrected chi connectivity index (χ3v) is 6.19. The molecule has 1 aromatic carbocycles. The van der Waals surface area contributed by atoms with E-state index in [4.69, 9.17) is 10.00 Å². The molecule has 2 heterocycles. The molecule has 172 valence electrons. The van der Waals surface area contributed by atoms with Crippen LogP contribution in [0.2, 0.25) is 0 Å². The van der Waals surface area contributed by atoms with Crippen LogP contribution >= 0.6 is 0 Å². The zero-order valence-electron chi connectivity index (χ0n) is 18.6. The standard InChI is InChI=1S/C23H23FN4O4S/c1-23(2,3)32-22(29)27(4)14-17-12-20(19-9-6-10-26-21(19)24)28(15-17)33(30,31)18-8-5-7-16(11-18)13-25/h5-12,15H,14H2,1-4H3. The molecule has 0 N–H and O–H groups in total. The van der Waals surface area contributed by atoms with E-state index in [0.29, 0.717) is 5.56 Å². The highest BCUT2D eigenvalue weighted by Crippen LogP contribution is 2.29. The van der Waals surface area contributed by atoms with Crippen molar-refractivity contribution in [3.05, 3.63) is 71.9 Å². The summed E-state index contributed by atoms with van der Waals surface area (Å²) in [5, 5.41) is 9.14. The van der Waals surface area contributed by atoms with Gasteiger partial charge in [0.15, 0.2) is 0 Å². The molecule has 8 nitrogen and oxygen atoms in total. The topological polar surface area (TPSA) is 105 Å². The molecule has 10 heteroatoms. The van der Waals surface area contributed by atoms with Crippen LogP contribution in [0.1, 0.15) is 31.9 Å². The number of pyridine rings is 1. The molecule has 3 rings (SSSR count). The average Bonchev–Trinajstić information content (AvgIpc) is 3.17. The molecule has 33 heavy (non-hydrogen) atoms. The van der Waals surface area contributed by atoms with Gasteiger partial charge in [-0.25, -0.2) is 22.2 Å². The highest BCUT2D eigenvalue weighted by atomic mass is 32.2. The van der Waals surface area contributed by atoms with Crippen LogP contribution in [0, 0.1) is 17.3 Å². The van der Waals surface area contributed by atoms with Crippen LogP contribution in [0.3, 0.4) is 0 Å². The minimum Gasteiger partial charge on any atom is -0.444 e. The number of ether oxygens (including phenoxy) is 1. The number of halogens is 1. The smallest absolute Gasteiger partial charge is 0.410 e. The number of aromatic nitrogens is 2. The number of hydrogen-bond donors (Lipinski definition) is 0. The van der Waals surface area contributed by atoms with E-state index in [9.17, 15) is 17.6 Å². The maximum atomic E-state index is 14.5. The quantitative estimate of drug-likeness (QED) is 0.519. The molecule has 1 amide bonds. The number of benzene rings is 1. The number of nitrogens with zero attached hydrogens (tertiary/aromatic N) is 4. The summed E-state index contributed by atoms with van der Waals surface area (Å²) in [4.78, 5) is 17.1. The van der Waals surface area contributed by atoms with Gasteiger partial charge in [0.2, 0.25) is 5.95 Å². The largest absolute Gasteiger partial charge is 0.444 e. The summed E-state index contributed by atoms with van der Waals surface area (Å²) in [6, 6.07) is 11.8. The van der Waals surface area contributed by atoms with Crippen molar-refractivity contribution in [3.8, 4) is 17.3 Å². The molecule has 0 unspecified atom stereocenters. The second kappa shape index (κ2) is 9.03. The van der Waals surface area contributed by atoms with Gasteiger partial charge < -0.3 is 9.64 Å². The molecule has 0 spiro atoms. The fraction of sp³-hybridized carbons (Fsp3) is 0.261. The molecule has 0 aliphatic rings. The van der Waals surface area contributed by atoms with Crippen molar-refractivity contribution >= 4 is 16.1 Å². The summed E-state index contributed by atoms with van der Waals surface area (Å²) >= 11 is 0. The average molecular weight is 471 g/mol. The molecule has 0 radical (unpaired) electrons. The summed E-state index contributed by atoms with van der Waals surface area (Å²) < 4.78 is 47.6. The maximum absolute atomic E-state index is 14.5. The van der Waals surface area contributed by atoms with E-state index in [0.717, 1.165) is 3.97 Å². The van der Waals surface area contributed by atoms with Crippen LogP contribution in [0.4, 0.5) is 9.18 Å². The number of amides is 1. The van der Waals surface area contributed by atoms with Crippen LogP contribution in [0.15, 0.2) is 59.8 Å². The van der Waals surface area contributed by atoms with Crippen molar-refractivity contribution in [2.75, 3.05) is 7.05 Å². The van der Waals surface area contributed by atoms with Gasteiger partial charge >= 0.3 is 6.09 Å². The fourth-order valence-corrected chi connectivity index (χ4v) is 4.51. The molecular weight excluding hydrogens is 447 g/mol. The second-order valence-corrected chi connectivity index (χ2v) is 10.2. The number of rotatable bonds is 5. The molecule has 0 aliphatic heterocycles. The van der Waals surface area contributed by atoms with Crippen molar-refractivity contribution in [2.24, 2.45) is 0 Å². The highest BCUT2D eigenvalue weighted by Gasteiger charge is 2.26. The van der Waals surface area contributed by atoms with Gasteiger partial charge in [0, 0.05) is 19.4 Å². The van der Waals surface area contributed by atoms with Crippen LogP contribution < -0.4 is 0 Å². The van der Waals surface area contributed by atoms with Crippen LogP contribution in [0.25, 0.3) is 11.3 Å². The van der Waals surface area contributed by atoms with E-state index in [-0.39, 0.29) is 28.3 Å². The minimum atomic E-state index is -4.19. The second-order valence-electron chi connectivity index (χ2n) is 8.35. The Bertz CT molecular complexity index is 1340. The fourth-order valence-electron chi connectivity index (χ4n) is 3.07. The van der Waals surface area contributed by atoms with Gasteiger partial charge in [-0.3, -0.25) is 0 Å². The molecule has 0 saturated carbocycles. The van der Waals surface area contributed by atoms with E-state index in [1.807, 2.05) is 6.07 Å². The Balaban J connectivity index is 2.09. The number of carbonyl (C=O) groups excluding carboxylic acids is 1. The lowest BCUT2D eigenvalue weighted by Crippen LogP contribution is -2.33. The van der Waals surface area contributed by atoms with Crippen molar-refractivity contribution in [2.45, 2.75) is 37.8 Å². The summed E-state index contributed by atoms with van der Waals surface area (Å²) in [5.74, 6) is -0.843. The van der Waals surface area contributed by atoms with Crippen molar-refractivity contribution in [1.29, 1.82) is 5.26 Å². The first kappa shape index (κ1) is 23.9. The Labute approximate surface area is 191 Å². The van der Waals surface area contributed by atoms with E-state index >= 15 is 0 Å². The van der Waals surface area contributed by atoms with Crippen molar-refractivity contribution in [3.63, 3.8) is 0 Å². The van der Waals surface area contributed by atoms with Crippen LogP contribution in [-0.2, 0) is 21.3 Å². The zero-order valence-corrected chi connectivity index (χ0v) is 19.4. The third-order valence-electron chi connectivity index (χ3n) is 4.52. The maximum Gasteiger partial charge on any atom is 0.410 e. The highest BCUT2D eigenvalue weighted by molar-refractivity contribution is 7.90. The van der Waals surface area contributed by atoms with Crippen LogP contribution in [0.5, 0.6) is 0 Å². The Kier molecular flexibility index (Phi) is 6.56. The van der Waals surface area contributed by atoms with E-state index < -0.39 is 27.7 Å². The minimum absolute atomic E-state index is 0.0184. The van der Waals surface area contributed by atoms with Gasteiger partial charge in [-0.05, 0) is 62.7 Å². The van der Waals surface area contributed by atoms with E-state index in [1.165, 1.54) is 66.8 Å². The summed E-state index contributed by atoms with van der Waals surface area (Å²) in [7, 11) is -2.68. The van der Waals surface area contributed by atoms with Crippen molar-refractivity contribution in [1.82, 2.24) is 13.9 Å². The number of nitriles is 1. The molecule has 0 fully saturated rings. The Morgan fingerprint density at radius 1 is 1.24 bits per heavy atom. The normalized spacial score (nSPS) is 11.6. The lowest BCUT2D eigenvalue weighted by Gasteiger charge is -2.24. The molecule has 0 aliphatic carbocycles. The van der Waals surface area contributed by atoms with E-state index in [1.54, 1.807) is 20.8 Å². The molecule has 0 bridgehead atoms. The van der Waals surface area contributed by atoms with Gasteiger partial charge in [0.1, 0.15) is 5.60 Å². The molecular formula is C23H23FN4O4S. The lowest BCUT2D eigenvalue weighted by atomic mass is 10.2. The van der Waals surface area contributed by atoms with Crippen LogP contribution in [-0.4, -0.2) is 41.0 Å². The zero-order chi connectivity index (χ0) is 24.4. The molecule has 0 atom stereocenters. The Morgan fingerprint density at radius 2 is 1.97 bits per heavy atom. The summed E-state index contributed by atoms with van der Waals surface area (Å²) in [6.45, 7) is 5.23. The number of carbonyl (C=O) groups is 1. The monoisotopic (exact) mass is 470 g/mol. The summed E-state index contributed by atoms with van der Waals surface area (Å²) in [6.07, 6.45) is 1.99. The lowest BCUT2D eigenvalue weighted by molar-refractivity contribution is 0.0285. The first-order chi connectivity index (χ1) is 15.4. The van der Waals surface area contributed by atoms with Gasteiger partial charge in [-0.1, -0.05) is 6.07 Å². The van der Waals surface area contributed by atoms with Crippen molar-refractivity contribution < 1.29 is 22.3 Å². The molecule has 0 saturated heterocycles. The SMILES string of the molecule is CN(Cc1cc(-c2cccnc2F)n(S(=O)(=O)c2cccc(C#N)c2)c1)C(=O)OC(C)(C)C. The predicted molar refractivity (Wildman–Crippen MR) is 119 cm³/mol. The first-order valence-corrected chi connectivity index (χ1v) is 11.4. The Hall–Kier alpha value is -3.71. The first-order valence-electron chi connectivity index (χ1n) is 9.94. The predicted octanol–water partition coefficient (Wildman–Crippen LogP) is 4.16. The third kappa shape index (κ3) is 5.38. The van der Waals surface area contributed by atoms with Gasteiger partial charge in [0.25, 0.3) is 10.0 Å².